The average molecular weight is 235 g/mol. The second kappa shape index (κ2) is 5.54. The van der Waals surface area contributed by atoms with E-state index in [2.05, 4.69) is 26.8 Å². The van der Waals surface area contributed by atoms with Gasteiger partial charge in [0.15, 0.2) is 0 Å². The molecule has 0 aliphatic heterocycles. The van der Waals surface area contributed by atoms with Crippen molar-refractivity contribution in [2.75, 3.05) is 0 Å². The van der Waals surface area contributed by atoms with E-state index in [0.717, 1.165) is 17.7 Å². The summed E-state index contributed by atoms with van der Waals surface area (Å²) in [5.41, 5.74) is 7.56. The Hall–Kier alpha value is -1.02. The molecule has 96 valence electrons. The fraction of sp³-hybridized carbons (Fsp3) is 0.600. The minimum absolute atomic E-state index is 0.00227. The summed E-state index contributed by atoms with van der Waals surface area (Å²) < 4.78 is 5.83. The molecule has 0 aliphatic carbocycles. The molecule has 0 amide bonds. The lowest BCUT2D eigenvalue weighted by molar-refractivity contribution is 0.225. The van der Waals surface area contributed by atoms with E-state index in [4.69, 9.17) is 10.5 Å². The molecule has 0 saturated heterocycles. The average Bonchev–Trinajstić information content (AvgIpc) is 2.28. The van der Waals surface area contributed by atoms with Crippen LogP contribution in [-0.2, 0) is 0 Å². The number of para-hydroxylation sites is 1. The van der Waals surface area contributed by atoms with Crippen LogP contribution in [0, 0.1) is 5.41 Å². The number of nitrogens with two attached hydrogens (primary N) is 1. The molecule has 1 aromatic rings. The Morgan fingerprint density at radius 3 is 2.35 bits per heavy atom. The molecule has 0 aromatic heterocycles. The summed E-state index contributed by atoms with van der Waals surface area (Å²) in [5.74, 6) is 0.913. The maximum absolute atomic E-state index is 6.38. The highest BCUT2D eigenvalue weighted by Gasteiger charge is 2.27. The van der Waals surface area contributed by atoms with Crippen molar-refractivity contribution < 1.29 is 4.74 Å². The van der Waals surface area contributed by atoms with Gasteiger partial charge in [0.25, 0.3) is 0 Å². The highest BCUT2D eigenvalue weighted by molar-refractivity contribution is 5.36. The lowest BCUT2D eigenvalue weighted by Gasteiger charge is -2.32. The topological polar surface area (TPSA) is 35.2 Å². The normalized spacial score (nSPS) is 13.8. The van der Waals surface area contributed by atoms with Crippen LogP contribution in [0.15, 0.2) is 24.3 Å². The molecule has 2 N–H and O–H groups in total. The van der Waals surface area contributed by atoms with Gasteiger partial charge in [-0.3, -0.25) is 0 Å². The van der Waals surface area contributed by atoms with Gasteiger partial charge in [-0.25, -0.2) is 0 Å². The molecular weight excluding hydrogens is 210 g/mol. The zero-order valence-corrected chi connectivity index (χ0v) is 11.7. The molecule has 1 atom stereocenters. The van der Waals surface area contributed by atoms with Gasteiger partial charge in [0.05, 0.1) is 6.10 Å². The molecule has 0 fully saturated rings. The summed E-state index contributed by atoms with van der Waals surface area (Å²) in [5, 5.41) is 0. The first-order valence-corrected chi connectivity index (χ1v) is 6.39. The zero-order valence-electron chi connectivity index (χ0n) is 11.7. The molecular formula is C15H25NO. The molecule has 1 aromatic carbocycles. The maximum Gasteiger partial charge on any atom is 0.124 e. The predicted molar refractivity (Wildman–Crippen MR) is 73.2 cm³/mol. The summed E-state index contributed by atoms with van der Waals surface area (Å²) in [6, 6.07) is 8.09. The molecule has 0 radical (unpaired) electrons. The van der Waals surface area contributed by atoms with Crippen molar-refractivity contribution >= 4 is 0 Å². The van der Waals surface area contributed by atoms with Gasteiger partial charge in [-0.1, -0.05) is 39.0 Å². The smallest absolute Gasteiger partial charge is 0.124 e. The lowest BCUT2D eigenvalue weighted by Crippen LogP contribution is -2.29. The standard InChI is InChI=1S/C15H25NO/c1-6-15(4,5)14(16)12-9-7-8-10-13(12)17-11(2)3/h7-11,14H,6,16H2,1-5H3. The number of hydrogen-bond donors (Lipinski definition) is 1. The Balaban J connectivity index is 3.04. The second-order valence-corrected chi connectivity index (χ2v) is 5.52. The first kappa shape index (κ1) is 14.0. The van der Waals surface area contributed by atoms with Crippen LogP contribution < -0.4 is 10.5 Å². The van der Waals surface area contributed by atoms with Crippen LogP contribution in [0.4, 0.5) is 0 Å². The zero-order chi connectivity index (χ0) is 13.1. The monoisotopic (exact) mass is 235 g/mol. The largest absolute Gasteiger partial charge is 0.491 e. The van der Waals surface area contributed by atoms with Gasteiger partial charge >= 0.3 is 0 Å². The van der Waals surface area contributed by atoms with Gasteiger partial charge < -0.3 is 10.5 Å². The molecule has 17 heavy (non-hydrogen) atoms. The van der Waals surface area contributed by atoms with E-state index in [1.165, 1.54) is 0 Å². The minimum atomic E-state index is 0.00227. The second-order valence-electron chi connectivity index (χ2n) is 5.52. The van der Waals surface area contributed by atoms with E-state index >= 15 is 0 Å². The van der Waals surface area contributed by atoms with Crippen LogP contribution in [-0.4, -0.2) is 6.10 Å². The summed E-state index contributed by atoms with van der Waals surface area (Å²) in [4.78, 5) is 0. The summed E-state index contributed by atoms with van der Waals surface area (Å²) in [6.07, 6.45) is 1.22. The van der Waals surface area contributed by atoms with Crippen LogP contribution >= 0.6 is 0 Å². The molecule has 0 saturated carbocycles. The highest BCUT2D eigenvalue weighted by Crippen LogP contribution is 2.38. The summed E-state index contributed by atoms with van der Waals surface area (Å²) >= 11 is 0. The quantitative estimate of drug-likeness (QED) is 0.839. The van der Waals surface area contributed by atoms with Crippen molar-refractivity contribution in [3.63, 3.8) is 0 Å². The Kier molecular flexibility index (Phi) is 4.58. The Labute approximate surface area is 105 Å². The van der Waals surface area contributed by atoms with Gasteiger partial charge in [0.1, 0.15) is 5.75 Å². The van der Waals surface area contributed by atoms with Crippen molar-refractivity contribution in [1.29, 1.82) is 0 Å². The van der Waals surface area contributed by atoms with Gasteiger partial charge in [-0.2, -0.15) is 0 Å². The van der Waals surface area contributed by atoms with Crippen molar-refractivity contribution in [2.24, 2.45) is 11.1 Å². The summed E-state index contributed by atoms with van der Waals surface area (Å²) in [7, 11) is 0. The minimum Gasteiger partial charge on any atom is -0.491 e. The van der Waals surface area contributed by atoms with Crippen LogP contribution in [0.1, 0.15) is 52.6 Å². The van der Waals surface area contributed by atoms with Crippen molar-refractivity contribution in [3.05, 3.63) is 29.8 Å². The maximum atomic E-state index is 6.38. The van der Waals surface area contributed by atoms with E-state index in [1.807, 2.05) is 32.0 Å². The predicted octanol–water partition coefficient (Wildman–Crippen LogP) is 3.91. The van der Waals surface area contributed by atoms with Crippen LogP contribution in [0.5, 0.6) is 5.75 Å². The van der Waals surface area contributed by atoms with Crippen LogP contribution in [0.3, 0.4) is 0 Å². The van der Waals surface area contributed by atoms with Crippen LogP contribution in [0.2, 0.25) is 0 Å². The number of hydrogen-bond acceptors (Lipinski definition) is 2. The van der Waals surface area contributed by atoms with Gasteiger partial charge in [0, 0.05) is 11.6 Å². The van der Waals surface area contributed by atoms with E-state index < -0.39 is 0 Å². The molecule has 2 heteroatoms. The SMILES string of the molecule is CCC(C)(C)C(N)c1ccccc1OC(C)C. The number of benzene rings is 1. The van der Waals surface area contributed by atoms with E-state index in [-0.39, 0.29) is 17.6 Å². The third-order valence-corrected chi connectivity index (χ3v) is 3.37. The van der Waals surface area contributed by atoms with Gasteiger partial charge in [-0.15, -0.1) is 0 Å². The van der Waals surface area contributed by atoms with Gasteiger partial charge in [-0.05, 0) is 31.7 Å². The van der Waals surface area contributed by atoms with Crippen LogP contribution in [0.25, 0.3) is 0 Å². The van der Waals surface area contributed by atoms with E-state index in [0.29, 0.717) is 0 Å². The Bertz CT molecular complexity index is 358. The summed E-state index contributed by atoms with van der Waals surface area (Å²) in [6.45, 7) is 10.6. The highest BCUT2D eigenvalue weighted by atomic mass is 16.5. The molecule has 1 unspecified atom stereocenters. The van der Waals surface area contributed by atoms with Crippen molar-refractivity contribution in [1.82, 2.24) is 0 Å². The Morgan fingerprint density at radius 2 is 1.82 bits per heavy atom. The number of rotatable bonds is 5. The molecule has 2 nitrogen and oxygen atoms in total. The molecule has 0 aliphatic rings. The fourth-order valence-corrected chi connectivity index (χ4v) is 1.74. The molecule has 0 heterocycles. The third-order valence-electron chi connectivity index (χ3n) is 3.37. The lowest BCUT2D eigenvalue weighted by atomic mass is 9.78. The fourth-order valence-electron chi connectivity index (χ4n) is 1.74. The van der Waals surface area contributed by atoms with E-state index in [9.17, 15) is 0 Å². The first-order valence-electron chi connectivity index (χ1n) is 6.39. The van der Waals surface area contributed by atoms with Crippen molar-refractivity contribution in [3.8, 4) is 5.75 Å². The van der Waals surface area contributed by atoms with Gasteiger partial charge in [0.2, 0.25) is 0 Å². The number of ether oxygens (including phenoxy) is 1. The molecule has 0 bridgehead atoms. The molecule has 1 rings (SSSR count). The van der Waals surface area contributed by atoms with E-state index in [1.54, 1.807) is 0 Å². The van der Waals surface area contributed by atoms with Crippen molar-refractivity contribution in [2.45, 2.75) is 53.2 Å². The molecule has 0 spiro atoms. The first-order chi connectivity index (χ1) is 7.88. The third kappa shape index (κ3) is 3.47. The Morgan fingerprint density at radius 1 is 1.24 bits per heavy atom.